The molecule has 3 rings (SSSR count). The maximum absolute atomic E-state index is 13.8. The third-order valence-electron chi connectivity index (χ3n) is 3.91. The molecule has 114 valence electrons. The van der Waals surface area contributed by atoms with Gasteiger partial charge in [0.2, 0.25) is 0 Å². The number of hydrogen-bond donors (Lipinski definition) is 1. The van der Waals surface area contributed by atoms with Crippen molar-refractivity contribution >= 4 is 20.9 Å². The van der Waals surface area contributed by atoms with Crippen LogP contribution in [-0.2, 0) is 22.9 Å². The van der Waals surface area contributed by atoms with Crippen LogP contribution >= 0.6 is 0 Å². The molecule has 2 heterocycles. The molecule has 5 nitrogen and oxygen atoms in total. The normalized spacial score (nSPS) is 21.1. The van der Waals surface area contributed by atoms with Crippen molar-refractivity contribution in [1.29, 1.82) is 0 Å². The Labute approximate surface area is 123 Å². The first-order chi connectivity index (χ1) is 10.00. The van der Waals surface area contributed by atoms with Gasteiger partial charge in [-0.25, -0.2) is 17.8 Å². The number of imidazole rings is 1. The van der Waals surface area contributed by atoms with Crippen LogP contribution in [0.25, 0.3) is 11.0 Å². The molecule has 0 radical (unpaired) electrons. The molecule has 0 spiro atoms. The molecule has 1 aromatic carbocycles. The third kappa shape index (κ3) is 2.80. The zero-order valence-electron chi connectivity index (χ0n) is 11.8. The summed E-state index contributed by atoms with van der Waals surface area (Å²) in [6.07, 6.45) is 0.628. The van der Waals surface area contributed by atoms with Gasteiger partial charge in [0.15, 0.2) is 15.7 Å². The summed E-state index contributed by atoms with van der Waals surface area (Å²) in [4.78, 5) is 4.36. The first-order valence-corrected chi connectivity index (χ1v) is 8.90. The number of para-hydroxylation sites is 1. The van der Waals surface area contributed by atoms with Gasteiger partial charge in [-0.15, -0.1) is 0 Å². The second-order valence-electron chi connectivity index (χ2n) is 5.36. The maximum Gasteiger partial charge on any atom is 0.151 e. The maximum atomic E-state index is 13.8. The number of benzene rings is 1. The highest BCUT2D eigenvalue weighted by Gasteiger charge is 2.27. The Morgan fingerprint density at radius 1 is 1.48 bits per heavy atom. The predicted octanol–water partition coefficient (Wildman–Crippen LogP) is 1.47. The van der Waals surface area contributed by atoms with Gasteiger partial charge in [-0.3, -0.25) is 0 Å². The van der Waals surface area contributed by atoms with E-state index in [1.54, 1.807) is 6.07 Å². The summed E-state index contributed by atoms with van der Waals surface area (Å²) in [5.74, 6) is 0.822. The highest BCUT2D eigenvalue weighted by Crippen LogP contribution is 2.20. The fourth-order valence-corrected chi connectivity index (χ4v) is 4.55. The molecule has 1 saturated heterocycles. The molecule has 7 heteroatoms. The van der Waals surface area contributed by atoms with E-state index in [4.69, 9.17) is 0 Å². The van der Waals surface area contributed by atoms with Crippen molar-refractivity contribution in [1.82, 2.24) is 14.9 Å². The van der Waals surface area contributed by atoms with E-state index < -0.39 is 9.84 Å². The minimum atomic E-state index is -2.90. The average molecular weight is 311 g/mol. The van der Waals surface area contributed by atoms with Crippen LogP contribution in [0.1, 0.15) is 19.2 Å². The number of rotatable bonds is 4. The van der Waals surface area contributed by atoms with E-state index in [-0.39, 0.29) is 23.4 Å². The minimum Gasteiger partial charge on any atom is -0.327 e. The Kier molecular flexibility index (Phi) is 3.71. The van der Waals surface area contributed by atoms with Gasteiger partial charge in [-0.2, -0.15) is 0 Å². The summed E-state index contributed by atoms with van der Waals surface area (Å²) in [5, 5.41) is 3.22. The van der Waals surface area contributed by atoms with Crippen LogP contribution in [0.4, 0.5) is 4.39 Å². The number of aromatic nitrogens is 2. The van der Waals surface area contributed by atoms with E-state index in [1.165, 1.54) is 6.07 Å². The standard InChI is InChI=1S/C14H18FN3O2S/c1-2-18-12-5-3-4-11(15)14(12)17-13(18)8-16-10-6-7-21(19,20)9-10/h3-5,10,16H,2,6-9H2,1H3. The molecule has 0 bridgehead atoms. The van der Waals surface area contributed by atoms with E-state index in [9.17, 15) is 12.8 Å². The Morgan fingerprint density at radius 3 is 2.95 bits per heavy atom. The molecule has 1 fully saturated rings. The number of halogens is 1. The number of nitrogens with zero attached hydrogens (tertiary/aromatic N) is 2. The van der Waals surface area contributed by atoms with Gasteiger partial charge < -0.3 is 9.88 Å². The number of sulfone groups is 1. The monoisotopic (exact) mass is 311 g/mol. The second kappa shape index (κ2) is 5.38. The Hall–Kier alpha value is -1.47. The molecule has 0 aliphatic carbocycles. The minimum absolute atomic E-state index is 0.0371. The van der Waals surface area contributed by atoms with Crippen LogP contribution in [0.5, 0.6) is 0 Å². The summed E-state index contributed by atoms with van der Waals surface area (Å²) < 4.78 is 38.6. The van der Waals surface area contributed by atoms with Crippen molar-refractivity contribution in [3.63, 3.8) is 0 Å². The fraction of sp³-hybridized carbons (Fsp3) is 0.500. The van der Waals surface area contributed by atoms with Gasteiger partial charge in [0.05, 0.1) is 23.6 Å². The Morgan fingerprint density at radius 2 is 2.29 bits per heavy atom. The fourth-order valence-electron chi connectivity index (χ4n) is 2.84. The summed E-state index contributed by atoms with van der Waals surface area (Å²) in [6.45, 7) is 3.12. The van der Waals surface area contributed by atoms with Crippen LogP contribution in [0.3, 0.4) is 0 Å². The van der Waals surface area contributed by atoms with Crippen LogP contribution < -0.4 is 5.32 Å². The van der Waals surface area contributed by atoms with Gasteiger partial charge >= 0.3 is 0 Å². The lowest BCUT2D eigenvalue weighted by Gasteiger charge is -2.11. The molecule has 1 N–H and O–H groups in total. The second-order valence-corrected chi connectivity index (χ2v) is 7.59. The number of nitrogens with one attached hydrogen (secondary N) is 1. The Bertz CT molecular complexity index is 770. The molecule has 0 saturated carbocycles. The van der Waals surface area contributed by atoms with Crippen molar-refractivity contribution in [2.45, 2.75) is 32.5 Å². The molecule has 21 heavy (non-hydrogen) atoms. The molecular formula is C14H18FN3O2S. The Balaban J connectivity index is 1.82. The van der Waals surface area contributed by atoms with Crippen LogP contribution in [0, 0.1) is 5.82 Å². The topological polar surface area (TPSA) is 64.0 Å². The average Bonchev–Trinajstić information content (AvgIpc) is 2.97. The quantitative estimate of drug-likeness (QED) is 0.929. The summed E-state index contributed by atoms with van der Waals surface area (Å²) >= 11 is 0. The van der Waals surface area contributed by atoms with Gasteiger partial charge in [-0.1, -0.05) is 6.07 Å². The molecular weight excluding hydrogens is 293 g/mol. The van der Waals surface area contributed by atoms with E-state index >= 15 is 0 Å². The van der Waals surface area contributed by atoms with E-state index in [1.807, 2.05) is 17.6 Å². The van der Waals surface area contributed by atoms with Crippen molar-refractivity contribution in [2.75, 3.05) is 11.5 Å². The summed E-state index contributed by atoms with van der Waals surface area (Å²) in [7, 11) is -2.90. The molecule has 2 aromatic rings. The number of hydrogen-bond acceptors (Lipinski definition) is 4. The number of fused-ring (bicyclic) bond motifs is 1. The summed E-state index contributed by atoms with van der Waals surface area (Å²) in [5.41, 5.74) is 1.14. The molecule has 0 amide bonds. The molecule has 1 unspecified atom stereocenters. The van der Waals surface area contributed by atoms with Gasteiger partial charge in [0.1, 0.15) is 11.3 Å². The van der Waals surface area contributed by atoms with Crippen molar-refractivity contribution in [3.05, 3.63) is 29.8 Å². The van der Waals surface area contributed by atoms with Crippen LogP contribution in [0.2, 0.25) is 0 Å². The molecule has 1 atom stereocenters. The summed E-state index contributed by atoms with van der Waals surface area (Å²) in [6, 6.07) is 4.88. The predicted molar refractivity (Wildman–Crippen MR) is 79.3 cm³/mol. The smallest absolute Gasteiger partial charge is 0.151 e. The zero-order valence-corrected chi connectivity index (χ0v) is 12.7. The lowest BCUT2D eigenvalue weighted by atomic mass is 10.2. The first-order valence-electron chi connectivity index (χ1n) is 7.07. The van der Waals surface area contributed by atoms with Crippen molar-refractivity contribution < 1.29 is 12.8 Å². The van der Waals surface area contributed by atoms with E-state index in [2.05, 4.69) is 10.3 Å². The highest BCUT2D eigenvalue weighted by molar-refractivity contribution is 7.91. The molecule has 1 aromatic heterocycles. The van der Waals surface area contributed by atoms with Crippen molar-refractivity contribution in [2.24, 2.45) is 0 Å². The van der Waals surface area contributed by atoms with Gasteiger partial charge in [0.25, 0.3) is 0 Å². The zero-order chi connectivity index (χ0) is 15.0. The van der Waals surface area contributed by atoms with E-state index in [0.29, 0.717) is 25.0 Å². The van der Waals surface area contributed by atoms with Crippen molar-refractivity contribution in [3.8, 4) is 0 Å². The lowest BCUT2D eigenvalue weighted by molar-refractivity contribution is 0.529. The lowest BCUT2D eigenvalue weighted by Crippen LogP contribution is -2.30. The van der Waals surface area contributed by atoms with Gasteiger partial charge in [-0.05, 0) is 25.5 Å². The number of aryl methyl sites for hydroxylation is 1. The largest absolute Gasteiger partial charge is 0.327 e. The van der Waals surface area contributed by atoms with Gasteiger partial charge in [0, 0.05) is 12.6 Å². The first kappa shape index (κ1) is 14.5. The van der Waals surface area contributed by atoms with Crippen LogP contribution in [-0.4, -0.2) is 35.5 Å². The highest BCUT2D eigenvalue weighted by atomic mass is 32.2. The SMILES string of the molecule is CCn1c(CNC2CCS(=O)(=O)C2)nc2c(F)cccc21. The molecule has 1 aliphatic rings. The van der Waals surface area contributed by atoms with E-state index in [0.717, 1.165) is 11.3 Å². The van der Waals surface area contributed by atoms with Crippen LogP contribution in [0.15, 0.2) is 18.2 Å². The third-order valence-corrected chi connectivity index (χ3v) is 5.67. The molecule has 1 aliphatic heterocycles.